The molecule has 0 radical (unpaired) electrons. The fraction of sp³-hybridized carbons (Fsp3) is 0.0938. The largest absolute Gasteiger partial charge is 0.490 e. The molecule has 0 aliphatic carbocycles. The van der Waals surface area contributed by atoms with E-state index in [4.69, 9.17) is 14.5 Å². The number of amides is 1. The van der Waals surface area contributed by atoms with Crippen LogP contribution in [0.2, 0.25) is 0 Å². The summed E-state index contributed by atoms with van der Waals surface area (Å²) in [5.74, 6) is 0.304. The molecule has 0 bridgehead atoms. The highest BCUT2D eigenvalue weighted by molar-refractivity contribution is 9.10. The molecule has 4 aromatic carbocycles. The summed E-state index contributed by atoms with van der Waals surface area (Å²) in [4.78, 5) is 18.0. The summed E-state index contributed by atoms with van der Waals surface area (Å²) in [7, 11) is 0. The molecule has 0 spiro atoms. The van der Waals surface area contributed by atoms with Crippen molar-refractivity contribution in [2.75, 3.05) is 6.61 Å². The lowest BCUT2D eigenvalue weighted by atomic mass is 10.0. The Morgan fingerprint density at radius 1 is 0.975 bits per heavy atom. The molecule has 1 aromatic heterocycles. The summed E-state index contributed by atoms with van der Waals surface area (Å²) in [5, 5.41) is 4.93. The first-order chi connectivity index (χ1) is 19.5. The summed E-state index contributed by atoms with van der Waals surface area (Å²) < 4.78 is 25.9. The summed E-state index contributed by atoms with van der Waals surface area (Å²) in [6.07, 6.45) is 1.53. The smallest absolute Gasteiger partial charge is 0.272 e. The van der Waals surface area contributed by atoms with Crippen molar-refractivity contribution < 1.29 is 18.7 Å². The Balaban J connectivity index is 1.36. The normalized spacial score (nSPS) is 11.1. The highest BCUT2D eigenvalue weighted by Gasteiger charge is 2.15. The van der Waals surface area contributed by atoms with E-state index in [9.17, 15) is 9.18 Å². The number of nitrogens with one attached hydrogen (secondary N) is 1. The van der Waals surface area contributed by atoms with Gasteiger partial charge in [0.05, 0.1) is 34.1 Å². The Morgan fingerprint density at radius 2 is 1.77 bits per heavy atom. The number of hydrogen-bond acceptors (Lipinski definition) is 5. The van der Waals surface area contributed by atoms with Gasteiger partial charge in [-0.3, -0.25) is 4.79 Å². The van der Waals surface area contributed by atoms with Crippen LogP contribution in [0.3, 0.4) is 0 Å². The number of hydrazone groups is 1. The summed E-state index contributed by atoms with van der Waals surface area (Å²) >= 11 is 3.54. The molecule has 0 fully saturated rings. The van der Waals surface area contributed by atoms with E-state index >= 15 is 0 Å². The van der Waals surface area contributed by atoms with Crippen LogP contribution in [0.15, 0.2) is 107 Å². The van der Waals surface area contributed by atoms with Gasteiger partial charge in [0.25, 0.3) is 5.91 Å². The van der Waals surface area contributed by atoms with Crippen molar-refractivity contribution in [3.8, 4) is 22.8 Å². The summed E-state index contributed by atoms with van der Waals surface area (Å²) in [6, 6.07) is 28.8. The van der Waals surface area contributed by atoms with Gasteiger partial charge in [-0.05, 0) is 70.4 Å². The third-order valence-corrected chi connectivity index (χ3v) is 6.60. The molecule has 40 heavy (non-hydrogen) atoms. The number of hydrogen-bond donors (Lipinski definition) is 1. The number of para-hydroxylation sites is 1. The number of benzene rings is 4. The Kier molecular flexibility index (Phi) is 8.47. The first-order valence-electron chi connectivity index (χ1n) is 12.6. The van der Waals surface area contributed by atoms with Gasteiger partial charge in [0, 0.05) is 10.9 Å². The highest BCUT2D eigenvalue weighted by Crippen LogP contribution is 2.37. The molecule has 1 N–H and O–H groups in total. The molecule has 8 heteroatoms. The van der Waals surface area contributed by atoms with Crippen LogP contribution in [-0.2, 0) is 6.61 Å². The number of carbonyl (C=O) groups excluding carboxylic acids is 1. The van der Waals surface area contributed by atoms with E-state index in [1.54, 1.807) is 30.3 Å². The fourth-order valence-electron chi connectivity index (χ4n) is 4.19. The van der Waals surface area contributed by atoms with Gasteiger partial charge >= 0.3 is 0 Å². The predicted octanol–water partition coefficient (Wildman–Crippen LogP) is 7.55. The molecule has 5 aromatic rings. The molecule has 1 heterocycles. The zero-order valence-corrected chi connectivity index (χ0v) is 23.2. The van der Waals surface area contributed by atoms with Gasteiger partial charge in [0.2, 0.25) is 0 Å². The van der Waals surface area contributed by atoms with Crippen molar-refractivity contribution in [1.82, 2.24) is 10.4 Å². The number of fused-ring (bicyclic) bond motifs is 1. The van der Waals surface area contributed by atoms with E-state index in [1.807, 2.05) is 61.5 Å². The van der Waals surface area contributed by atoms with Crippen LogP contribution in [-0.4, -0.2) is 23.7 Å². The number of rotatable bonds is 9. The van der Waals surface area contributed by atoms with Gasteiger partial charge in [-0.1, -0.05) is 60.7 Å². The molecule has 1 amide bonds. The van der Waals surface area contributed by atoms with Crippen molar-refractivity contribution >= 4 is 39.0 Å². The number of halogens is 2. The number of aromatic nitrogens is 1. The lowest BCUT2D eigenvalue weighted by molar-refractivity contribution is 0.0956. The minimum Gasteiger partial charge on any atom is -0.490 e. The molecule has 0 aliphatic rings. The van der Waals surface area contributed by atoms with Crippen LogP contribution in [0.4, 0.5) is 4.39 Å². The average molecular weight is 598 g/mol. The van der Waals surface area contributed by atoms with Crippen molar-refractivity contribution in [1.29, 1.82) is 0 Å². The second-order valence-electron chi connectivity index (χ2n) is 8.82. The molecular formula is C32H25BrFN3O3. The maximum Gasteiger partial charge on any atom is 0.272 e. The number of nitrogens with zero attached hydrogens (tertiary/aromatic N) is 2. The van der Waals surface area contributed by atoms with E-state index < -0.39 is 0 Å². The van der Waals surface area contributed by atoms with Gasteiger partial charge in [0.15, 0.2) is 11.5 Å². The molecule has 0 aliphatic heterocycles. The van der Waals surface area contributed by atoms with Crippen LogP contribution in [0.25, 0.3) is 22.2 Å². The molecule has 0 saturated heterocycles. The van der Waals surface area contributed by atoms with Gasteiger partial charge in [0.1, 0.15) is 12.4 Å². The van der Waals surface area contributed by atoms with Gasteiger partial charge < -0.3 is 9.47 Å². The predicted molar refractivity (Wildman–Crippen MR) is 158 cm³/mol. The molecular weight excluding hydrogens is 573 g/mol. The molecule has 5 rings (SSSR count). The van der Waals surface area contributed by atoms with E-state index in [1.165, 1.54) is 18.3 Å². The van der Waals surface area contributed by atoms with Crippen molar-refractivity contribution in [2.24, 2.45) is 5.10 Å². The zero-order chi connectivity index (χ0) is 27.9. The van der Waals surface area contributed by atoms with Gasteiger partial charge in [-0.25, -0.2) is 14.8 Å². The Morgan fingerprint density at radius 3 is 2.58 bits per heavy atom. The van der Waals surface area contributed by atoms with E-state index in [-0.39, 0.29) is 18.3 Å². The zero-order valence-electron chi connectivity index (χ0n) is 21.6. The maximum atomic E-state index is 13.5. The molecule has 200 valence electrons. The highest BCUT2D eigenvalue weighted by atomic mass is 79.9. The Labute approximate surface area is 239 Å². The summed E-state index contributed by atoms with van der Waals surface area (Å²) in [6.45, 7) is 2.46. The quantitative estimate of drug-likeness (QED) is 0.141. The fourth-order valence-corrected chi connectivity index (χ4v) is 4.77. The van der Waals surface area contributed by atoms with Crippen LogP contribution < -0.4 is 14.9 Å². The second kappa shape index (κ2) is 12.5. The van der Waals surface area contributed by atoms with E-state index in [2.05, 4.69) is 26.5 Å². The van der Waals surface area contributed by atoms with Gasteiger partial charge in [-0.2, -0.15) is 5.10 Å². The van der Waals surface area contributed by atoms with Crippen molar-refractivity contribution in [3.05, 3.63) is 124 Å². The first kappa shape index (κ1) is 27.0. The standard InChI is InChI=1S/C32H25BrFN3O3/c1-2-39-30-17-22(16-27(33)31(30)40-20-21-9-8-12-24(34)15-21)19-35-37-32(38)26-18-29(23-10-4-3-5-11-23)36-28-14-7-6-13-25(26)28/h3-19H,2,20H2,1H3,(H,37,38)/b35-19+. The molecule has 0 unspecified atom stereocenters. The SMILES string of the molecule is CCOc1cc(/C=N/NC(=O)c2cc(-c3ccccc3)nc3ccccc23)cc(Br)c1OCc1cccc(F)c1. The minimum absolute atomic E-state index is 0.171. The minimum atomic E-state index is -0.355. The van der Waals surface area contributed by atoms with Crippen molar-refractivity contribution in [2.45, 2.75) is 13.5 Å². The topological polar surface area (TPSA) is 72.8 Å². The third-order valence-electron chi connectivity index (χ3n) is 6.01. The monoisotopic (exact) mass is 597 g/mol. The van der Waals surface area contributed by atoms with Crippen LogP contribution in [0, 0.1) is 5.82 Å². The second-order valence-corrected chi connectivity index (χ2v) is 9.67. The third kappa shape index (κ3) is 6.35. The number of carbonyl (C=O) groups is 1. The number of ether oxygens (including phenoxy) is 2. The van der Waals surface area contributed by atoms with Crippen LogP contribution in [0.5, 0.6) is 11.5 Å². The first-order valence-corrected chi connectivity index (χ1v) is 13.4. The Bertz CT molecular complexity index is 1690. The van der Waals surface area contributed by atoms with Gasteiger partial charge in [-0.15, -0.1) is 0 Å². The number of pyridine rings is 1. The van der Waals surface area contributed by atoms with E-state index in [0.717, 1.165) is 16.5 Å². The maximum absolute atomic E-state index is 13.5. The van der Waals surface area contributed by atoms with Crippen LogP contribution in [0.1, 0.15) is 28.4 Å². The molecule has 0 atom stereocenters. The lowest BCUT2D eigenvalue weighted by Gasteiger charge is -2.15. The van der Waals surface area contributed by atoms with E-state index in [0.29, 0.717) is 45.0 Å². The van der Waals surface area contributed by atoms with Crippen molar-refractivity contribution in [3.63, 3.8) is 0 Å². The van der Waals surface area contributed by atoms with Crippen LogP contribution >= 0.6 is 15.9 Å². The lowest BCUT2D eigenvalue weighted by Crippen LogP contribution is -2.18. The average Bonchev–Trinajstić information content (AvgIpc) is 2.97. The summed E-state index contributed by atoms with van der Waals surface area (Å²) in [5.41, 5.74) is 6.82. The molecule has 0 saturated carbocycles. The molecule has 6 nitrogen and oxygen atoms in total. The Hall–Kier alpha value is -4.56.